The Kier molecular flexibility index (Phi) is 4.43. The lowest BCUT2D eigenvalue weighted by Crippen LogP contribution is -2.44. The van der Waals surface area contributed by atoms with Crippen LogP contribution in [-0.2, 0) is 20.7 Å². The molecule has 3 rings (SSSR count). The molecule has 1 N–H and O–H groups in total. The maximum absolute atomic E-state index is 12.3. The van der Waals surface area contributed by atoms with Gasteiger partial charge in [0.1, 0.15) is 0 Å². The Labute approximate surface area is 130 Å². The van der Waals surface area contributed by atoms with Crippen LogP contribution in [0.2, 0.25) is 0 Å². The quantitative estimate of drug-likeness (QED) is 0.926. The van der Waals surface area contributed by atoms with Gasteiger partial charge < -0.3 is 15.0 Å². The van der Waals surface area contributed by atoms with Crippen molar-refractivity contribution in [2.45, 2.75) is 32.3 Å². The summed E-state index contributed by atoms with van der Waals surface area (Å²) in [5.41, 5.74) is 2.05. The molecule has 1 aromatic rings. The number of fused-ring (bicyclic) bond motifs is 1. The Bertz CT molecular complexity index is 573. The van der Waals surface area contributed by atoms with Crippen LogP contribution in [0.1, 0.15) is 25.3 Å². The molecule has 2 aliphatic rings. The fourth-order valence-corrected chi connectivity index (χ4v) is 3.15. The molecule has 1 fully saturated rings. The normalized spacial score (nSPS) is 24.6. The average Bonchev–Trinajstić information content (AvgIpc) is 2.52. The molecule has 2 heterocycles. The molecule has 1 aromatic carbocycles. The number of morpholine rings is 1. The third-order valence-electron chi connectivity index (χ3n) is 4.41. The first-order chi connectivity index (χ1) is 10.6. The van der Waals surface area contributed by atoms with Crippen molar-refractivity contribution < 1.29 is 14.3 Å². The minimum atomic E-state index is -0.114. The van der Waals surface area contributed by atoms with Crippen LogP contribution in [0.25, 0.3) is 0 Å². The molecule has 0 bridgehead atoms. The largest absolute Gasteiger partial charge is 0.375 e. The standard InChI is InChI=1S/C17H22N2O3/c1-12-11-19(8-9-22-12)16(20)7-6-14-10-13-4-2-3-5-15(13)18-17(14)21/h2-5,12,14H,6-11H2,1H3,(H,18,21). The number of carbonyl (C=O) groups excluding carboxylic acids is 2. The van der Waals surface area contributed by atoms with E-state index in [0.717, 1.165) is 17.7 Å². The smallest absolute Gasteiger partial charge is 0.227 e. The topological polar surface area (TPSA) is 58.6 Å². The zero-order chi connectivity index (χ0) is 15.5. The van der Waals surface area contributed by atoms with Crippen molar-refractivity contribution in [1.82, 2.24) is 4.90 Å². The van der Waals surface area contributed by atoms with Crippen LogP contribution in [0.3, 0.4) is 0 Å². The van der Waals surface area contributed by atoms with Crippen molar-refractivity contribution in [1.29, 1.82) is 0 Å². The maximum Gasteiger partial charge on any atom is 0.227 e. The Hall–Kier alpha value is -1.88. The zero-order valence-corrected chi connectivity index (χ0v) is 12.9. The van der Waals surface area contributed by atoms with Crippen LogP contribution < -0.4 is 5.32 Å². The van der Waals surface area contributed by atoms with Crippen LogP contribution in [-0.4, -0.2) is 42.5 Å². The van der Waals surface area contributed by atoms with Gasteiger partial charge in [0.25, 0.3) is 0 Å². The summed E-state index contributed by atoms with van der Waals surface area (Å²) in [6, 6.07) is 7.85. The van der Waals surface area contributed by atoms with Gasteiger partial charge in [-0.25, -0.2) is 0 Å². The number of benzene rings is 1. The van der Waals surface area contributed by atoms with Gasteiger partial charge in [-0.15, -0.1) is 0 Å². The predicted octanol–water partition coefficient (Wildman–Crippen LogP) is 1.82. The first-order valence-electron chi connectivity index (χ1n) is 7.91. The number of nitrogens with zero attached hydrogens (tertiary/aromatic N) is 1. The van der Waals surface area contributed by atoms with Gasteiger partial charge in [0.15, 0.2) is 0 Å². The van der Waals surface area contributed by atoms with Crippen LogP contribution in [0.15, 0.2) is 24.3 Å². The second-order valence-corrected chi connectivity index (χ2v) is 6.11. The summed E-state index contributed by atoms with van der Waals surface area (Å²) in [5.74, 6) is 0.0426. The Morgan fingerprint density at radius 2 is 2.23 bits per heavy atom. The molecular formula is C17H22N2O3. The predicted molar refractivity (Wildman–Crippen MR) is 83.5 cm³/mol. The highest BCUT2D eigenvalue weighted by atomic mass is 16.5. The number of para-hydroxylation sites is 1. The molecule has 2 unspecified atom stereocenters. The van der Waals surface area contributed by atoms with Gasteiger partial charge in [0.2, 0.25) is 11.8 Å². The van der Waals surface area contributed by atoms with E-state index in [1.54, 1.807) is 0 Å². The highest BCUT2D eigenvalue weighted by Crippen LogP contribution is 2.27. The molecule has 1 saturated heterocycles. The lowest BCUT2D eigenvalue weighted by molar-refractivity contribution is -0.138. The molecule has 118 valence electrons. The summed E-state index contributed by atoms with van der Waals surface area (Å²) >= 11 is 0. The van der Waals surface area contributed by atoms with E-state index in [0.29, 0.717) is 32.5 Å². The summed E-state index contributed by atoms with van der Waals surface area (Å²) in [6.45, 7) is 3.89. The molecule has 22 heavy (non-hydrogen) atoms. The molecule has 2 atom stereocenters. The number of anilines is 1. The number of rotatable bonds is 3. The molecular weight excluding hydrogens is 280 g/mol. The third kappa shape index (κ3) is 3.30. The molecule has 0 aromatic heterocycles. The first kappa shape index (κ1) is 15.0. The monoisotopic (exact) mass is 302 g/mol. The third-order valence-corrected chi connectivity index (χ3v) is 4.41. The number of hydrogen-bond donors (Lipinski definition) is 1. The van der Waals surface area contributed by atoms with E-state index in [1.807, 2.05) is 36.1 Å². The number of carbonyl (C=O) groups is 2. The fourth-order valence-electron chi connectivity index (χ4n) is 3.15. The van der Waals surface area contributed by atoms with Crippen LogP contribution in [0.4, 0.5) is 5.69 Å². The van der Waals surface area contributed by atoms with Crippen molar-refractivity contribution in [3.63, 3.8) is 0 Å². The van der Waals surface area contributed by atoms with Crippen molar-refractivity contribution in [2.75, 3.05) is 25.0 Å². The molecule has 5 nitrogen and oxygen atoms in total. The van der Waals surface area contributed by atoms with Gasteiger partial charge in [-0.2, -0.15) is 0 Å². The second-order valence-electron chi connectivity index (χ2n) is 6.11. The van der Waals surface area contributed by atoms with Crippen molar-refractivity contribution in [2.24, 2.45) is 5.92 Å². The summed E-state index contributed by atoms with van der Waals surface area (Å²) in [7, 11) is 0. The van der Waals surface area contributed by atoms with Crippen LogP contribution >= 0.6 is 0 Å². The van der Waals surface area contributed by atoms with Gasteiger partial charge in [0.05, 0.1) is 12.7 Å². The van der Waals surface area contributed by atoms with E-state index in [4.69, 9.17) is 4.74 Å². The number of hydrogen-bond acceptors (Lipinski definition) is 3. The molecule has 0 spiro atoms. The van der Waals surface area contributed by atoms with E-state index in [9.17, 15) is 9.59 Å². The minimum absolute atomic E-state index is 0.0295. The summed E-state index contributed by atoms with van der Waals surface area (Å²) in [5, 5.41) is 2.94. The SMILES string of the molecule is CC1CN(C(=O)CCC2Cc3ccccc3NC2=O)CCO1. The van der Waals surface area contributed by atoms with Gasteiger partial charge >= 0.3 is 0 Å². The van der Waals surface area contributed by atoms with E-state index in [-0.39, 0.29) is 23.8 Å². The number of ether oxygens (including phenoxy) is 1. The Morgan fingerprint density at radius 1 is 1.41 bits per heavy atom. The summed E-state index contributed by atoms with van der Waals surface area (Å²) < 4.78 is 5.45. The second kappa shape index (κ2) is 6.48. The molecule has 0 aliphatic carbocycles. The number of nitrogens with one attached hydrogen (secondary N) is 1. The zero-order valence-electron chi connectivity index (χ0n) is 12.9. The van der Waals surface area contributed by atoms with Gasteiger partial charge in [-0.05, 0) is 31.4 Å². The fraction of sp³-hybridized carbons (Fsp3) is 0.529. The molecule has 2 aliphatic heterocycles. The van der Waals surface area contributed by atoms with E-state index < -0.39 is 0 Å². The van der Waals surface area contributed by atoms with E-state index in [1.165, 1.54) is 0 Å². The Morgan fingerprint density at radius 3 is 3.05 bits per heavy atom. The van der Waals surface area contributed by atoms with Gasteiger partial charge in [-0.3, -0.25) is 9.59 Å². The lowest BCUT2D eigenvalue weighted by Gasteiger charge is -2.32. The van der Waals surface area contributed by atoms with E-state index >= 15 is 0 Å². The maximum atomic E-state index is 12.3. The highest BCUT2D eigenvalue weighted by molar-refractivity contribution is 5.96. The Balaban J connectivity index is 1.55. The molecule has 5 heteroatoms. The van der Waals surface area contributed by atoms with Crippen molar-refractivity contribution >= 4 is 17.5 Å². The first-order valence-corrected chi connectivity index (χ1v) is 7.91. The van der Waals surface area contributed by atoms with Crippen LogP contribution in [0, 0.1) is 5.92 Å². The summed E-state index contributed by atoms with van der Waals surface area (Å²) in [6.07, 6.45) is 1.84. The van der Waals surface area contributed by atoms with Gasteiger partial charge in [-0.1, -0.05) is 18.2 Å². The van der Waals surface area contributed by atoms with Gasteiger partial charge in [0, 0.05) is 31.1 Å². The highest BCUT2D eigenvalue weighted by Gasteiger charge is 2.28. The number of amides is 2. The van der Waals surface area contributed by atoms with E-state index in [2.05, 4.69) is 5.32 Å². The van der Waals surface area contributed by atoms with Crippen molar-refractivity contribution in [3.05, 3.63) is 29.8 Å². The average molecular weight is 302 g/mol. The van der Waals surface area contributed by atoms with Crippen molar-refractivity contribution in [3.8, 4) is 0 Å². The molecule has 0 saturated carbocycles. The summed E-state index contributed by atoms with van der Waals surface area (Å²) in [4.78, 5) is 26.3. The minimum Gasteiger partial charge on any atom is -0.375 e. The molecule has 0 radical (unpaired) electrons. The lowest BCUT2D eigenvalue weighted by atomic mass is 9.89. The molecule has 2 amide bonds. The van der Waals surface area contributed by atoms with Crippen LogP contribution in [0.5, 0.6) is 0 Å².